The summed E-state index contributed by atoms with van der Waals surface area (Å²) in [7, 11) is 1.66. The third kappa shape index (κ3) is 4.91. The second kappa shape index (κ2) is 9.25. The summed E-state index contributed by atoms with van der Waals surface area (Å²) in [5, 5.41) is 5.07. The van der Waals surface area contributed by atoms with Gasteiger partial charge in [0.25, 0.3) is 5.91 Å². The average Bonchev–Trinajstić information content (AvgIpc) is 3.28. The van der Waals surface area contributed by atoms with Crippen LogP contribution in [0.2, 0.25) is 0 Å². The first-order valence-electron chi connectivity index (χ1n) is 9.21. The SMILES string of the molecule is CN(c1ccc(F)cc1)[S+]([O-])c1ccc(C(=O)Nc2nc(-c3ccccn3)cs2)cc1. The molecule has 2 aromatic carbocycles. The normalized spacial score (nSPS) is 11.7. The van der Waals surface area contributed by atoms with Gasteiger partial charge in [-0.2, -0.15) is 4.31 Å². The molecule has 31 heavy (non-hydrogen) atoms. The molecule has 2 aromatic heterocycles. The summed E-state index contributed by atoms with van der Waals surface area (Å²) < 4.78 is 27.4. The molecule has 1 amide bonds. The molecule has 156 valence electrons. The van der Waals surface area contributed by atoms with Crippen LogP contribution in [0.3, 0.4) is 0 Å². The maximum absolute atomic E-state index is 13.1. The average molecular weight is 453 g/mol. The fourth-order valence-electron chi connectivity index (χ4n) is 2.76. The number of halogens is 1. The summed E-state index contributed by atoms with van der Waals surface area (Å²) in [4.78, 5) is 21.7. The topological polar surface area (TPSA) is 81.2 Å². The van der Waals surface area contributed by atoms with Crippen LogP contribution in [0.4, 0.5) is 15.2 Å². The fraction of sp³-hybridized carbons (Fsp3) is 0.0455. The van der Waals surface area contributed by atoms with Crippen molar-refractivity contribution in [3.63, 3.8) is 0 Å². The molecule has 0 bridgehead atoms. The molecule has 4 rings (SSSR count). The van der Waals surface area contributed by atoms with Gasteiger partial charge >= 0.3 is 0 Å². The van der Waals surface area contributed by atoms with Crippen LogP contribution in [-0.4, -0.2) is 27.5 Å². The van der Waals surface area contributed by atoms with Crippen LogP contribution < -0.4 is 9.62 Å². The zero-order valence-corrected chi connectivity index (χ0v) is 18.0. The van der Waals surface area contributed by atoms with Crippen molar-refractivity contribution in [3.05, 3.63) is 89.7 Å². The summed E-state index contributed by atoms with van der Waals surface area (Å²) in [5.74, 6) is -0.670. The van der Waals surface area contributed by atoms with Gasteiger partial charge in [0.2, 0.25) is 0 Å². The van der Waals surface area contributed by atoms with E-state index in [9.17, 15) is 13.7 Å². The number of carbonyl (C=O) groups is 1. The number of aromatic nitrogens is 2. The first kappa shape index (κ1) is 21.0. The molecule has 0 saturated carbocycles. The molecule has 4 aromatic rings. The van der Waals surface area contributed by atoms with E-state index in [0.717, 1.165) is 5.69 Å². The molecule has 0 saturated heterocycles. The molecule has 1 atom stereocenters. The Balaban J connectivity index is 1.42. The molecule has 6 nitrogen and oxygen atoms in total. The molecular weight excluding hydrogens is 435 g/mol. The van der Waals surface area contributed by atoms with Crippen molar-refractivity contribution in [2.75, 3.05) is 16.7 Å². The number of benzene rings is 2. The molecule has 1 unspecified atom stereocenters. The van der Waals surface area contributed by atoms with Gasteiger partial charge in [-0.15, -0.1) is 11.3 Å². The highest BCUT2D eigenvalue weighted by Crippen LogP contribution is 2.25. The number of amides is 1. The first-order chi connectivity index (χ1) is 15.0. The number of thiazole rings is 1. The largest absolute Gasteiger partial charge is 0.588 e. The predicted molar refractivity (Wildman–Crippen MR) is 121 cm³/mol. The minimum Gasteiger partial charge on any atom is -0.588 e. The molecule has 0 fully saturated rings. The second-order valence-electron chi connectivity index (χ2n) is 6.45. The van der Waals surface area contributed by atoms with E-state index in [4.69, 9.17) is 0 Å². The van der Waals surface area contributed by atoms with Gasteiger partial charge in [0.05, 0.1) is 18.4 Å². The molecule has 0 radical (unpaired) electrons. The lowest BCUT2D eigenvalue weighted by Crippen LogP contribution is -2.26. The number of nitrogens with one attached hydrogen (secondary N) is 1. The first-order valence-corrected chi connectivity index (χ1v) is 11.2. The van der Waals surface area contributed by atoms with Crippen LogP contribution in [-0.2, 0) is 11.4 Å². The van der Waals surface area contributed by atoms with Crippen molar-refractivity contribution in [2.24, 2.45) is 0 Å². The van der Waals surface area contributed by atoms with Gasteiger partial charge in [-0.25, -0.2) is 9.37 Å². The predicted octanol–water partition coefficient (Wildman–Crippen LogP) is 4.76. The van der Waals surface area contributed by atoms with E-state index in [1.807, 2.05) is 23.6 Å². The Bertz CT molecular complexity index is 1170. The molecule has 0 aliphatic heterocycles. The lowest BCUT2D eigenvalue weighted by Gasteiger charge is -2.21. The lowest BCUT2D eigenvalue weighted by molar-refractivity contribution is 0.102. The Labute approximate surface area is 185 Å². The lowest BCUT2D eigenvalue weighted by atomic mass is 10.2. The monoisotopic (exact) mass is 452 g/mol. The van der Waals surface area contributed by atoms with E-state index in [-0.39, 0.29) is 11.7 Å². The van der Waals surface area contributed by atoms with Crippen molar-refractivity contribution >= 4 is 39.4 Å². The Morgan fingerprint density at radius 1 is 1.06 bits per heavy atom. The van der Waals surface area contributed by atoms with Gasteiger partial charge in [-0.05, 0) is 60.7 Å². The van der Waals surface area contributed by atoms with E-state index in [1.54, 1.807) is 49.6 Å². The van der Waals surface area contributed by atoms with Crippen molar-refractivity contribution in [1.29, 1.82) is 0 Å². The Morgan fingerprint density at radius 2 is 1.81 bits per heavy atom. The van der Waals surface area contributed by atoms with Gasteiger partial charge in [-0.1, -0.05) is 6.07 Å². The number of pyridine rings is 1. The van der Waals surface area contributed by atoms with Gasteiger partial charge in [0.1, 0.15) is 22.9 Å². The van der Waals surface area contributed by atoms with Crippen LogP contribution in [0.25, 0.3) is 11.4 Å². The molecular formula is C22H17FN4O2S2. The third-order valence-corrected chi connectivity index (χ3v) is 6.55. The minimum absolute atomic E-state index is 0.314. The summed E-state index contributed by atoms with van der Waals surface area (Å²) in [6.07, 6.45) is 1.69. The number of rotatable bonds is 6. The van der Waals surface area contributed by atoms with Gasteiger partial charge in [0.15, 0.2) is 10.0 Å². The number of nitrogens with zero attached hydrogens (tertiary/aromatic N) is 3. The summed E-state index contributed by atoms with van der Waals surface area (Å²) in [6, 6.07) is 17.8. The third-order valence-electron chi connectivity index (χ3n) is 4.41. The highest BCUT2D eigenvalue weighted by atomic mass is 32.2. The van der Waals surface area contributed by atoms with E-state index in [1.165, 1.54) is 27.8 Å². The quantitative estimate of drug-likeness (QED) is 0.427. The van der Waals surface area contributed by atoms with Crippen LogP contribution >= 0.6 is 11.3 Å². The molecule has 0 aliphatic rings. The number of hydrogen-bond donors (Lipinski definition) is 1. The second-order valence-corrected chi connectivity index (χ2v) is 8.83. The minimum atomic E-state index is -1.50. The molecule has 0 spiro atoms. The summed E-state index contributed by atoms with van der Waals surface area (Å²) >= 11 is -0.188. The standard InChI is InChI=1S/C22H17FN4O2S2/c1-27(17-9-7-16(23)8-10-17)31(29)18-11-5-15(6-12-18)21(28)26-22-25-20(14-30-22)19-4-2-3-13-24-19/h2-14H,1H3,(H,25,26,28). The van der Waals surface area contributed by atoms with Crippen LogP contribution in [0.15, 0.2) is 83.2 Å². The van der Waals surface area contributed by atoms with Crippen molar-refractivity contribution in [1.82, 2.24) is 9.97 Å². The van der Waals surface area contributed by atoms with Gasteiger partial charge < -0.3 is 4.55 Å². The van der Waals surface area contributed by atoms with Crippen molar-refractivity contribution in [2.45, 2.75) is 4.90 Å². The fourth-order valence-corrected chi connectivity index (χ4v) is 4.46. The number of carbonyl (C=O) groups excluding carboxylic acids is 1. The summed E-state index contributed by atoms with van der Waals surface area (Å²) in [6.45, 7) is 0. The number of anilines is 2. The highest BCUT2D eigenvalue weighted by Gasteiger charge is 2.20. The van der Waals surface area contributed by atoms with E-state index >= 15 is 0 Å². The maximum atomic E-state index is 13.1. The van der Waals surface area contributed by atoms with Crippen molar-refractivity contribution in [3.8, 4) is 11.4 Å². The van der Waals surface area contributed by atoms with Gasteiger partial charge in [-0.3, -0.25) is 15.1 Å². The van der Waals surface area contributed by atoms with E-state index in [2.05, 4.69) is 15.3 Å². The van der Waals surface area contributed by atoms with E-state index in [0.29, 0.717) is 27.0 Å². The van der Waals surface area contributed by atoms with Crippen LogP contribution in [0.5, 0.6) is 0 Å². The highest BCUT2D eigenvalue weighted by molar-refractivity contribution is 7.92. The molecule has 2 heterocycles. The Morgan fingerprint density at radius 3 is 2.48 bits per heavy atom. The zero-order valence-electron chi connectivity index (χ0n) is 16.4. The van der Waals surface area contributed by atoms with Crippen LogP contribution in [0.1, 0.15) is 10.4 Å². The molecule has 9 heteroatoms. The maximum Gasteiger partial charge on any atom is 0.257 e. The Kier molecular flexibility index (Phi) is 6.26. The van der Waals surface area contributed by atoms with Crippen LogP contribution in [0, 0.1) is 5.82 Å². The summed E-state index contributed by atoms with van der Waals surface area (Å²) in [5.41, 5.74) is 2.46. The Hall–Kier alpha value is -3.27. The number of hydrogen-bond acceptors (Lipinski definition) is 6. The zero-order chi connectivity index (χ0) is 21.8. The smallest absolute Gasteiger partial charge is 0.257 e. The van der Waals surface area contributed by atoms with Crippen molar-refractivity contribution < 1.29 is 13.7 Å². The van der Waals surface area contributed by atoms with E-state index < -0.39 is 11.4 Å². The molecule has 0 aliphatic carbocycles. The molecule has 1 N–H and O–H groups in total. The van der Waals surface area contributed by atoms with Gasteiger partial charge in [0, 0.05) is 17.1 Å².